The summed E-state index contributed by atoms with van der Waals surface area (Å²) in [4.78, 5) is 25.8. The third-order valence-electron chi connectivity index (χ3n) is 4.79. The molecule has 2 aromatic rings. The molecule has 0 aliphatic carbocycles. The summed E-state index contributed by atoms with van der Waals surface area (Å²) in [6.45, 7) is 0. The van der Waals surface area contributed by atoms with Crippen LogP contribution >= 0.6 is 11.6 Å². The molecule has 27 heavy (non-hydrogen) atoms. The van der Waals surface area contributed by atoms with Crippen LogP contribution in [0.3, 0.4) is 0 Å². The Balaban J connectivity index is 2.08. The van der Waals surface area contributed by atoms with Crippen LogP contribution in [0.15, 0.2) is 36.4 Å². The molecule has 142 valence electrons. The highest BCUT2D eigenvalue weighted by molar-refractivity contribution is 6.30. The van der Waals surface area contributed by atoms with E-state index < -0.39 is 17.3 Å². The number of carbonyl (C=O) groups is 2. The molecule has 0 saturated carbocycles. The predicted molar refractivity (Wildman–Crippen MR) is 97.4 cm³/mol. The standard InChI is InChI=1S/C19H18ClFN2O4/c1-23-17(24)7-8-19(23,18(22)25)13-10-12(4-6-15(13)26-2)27-16-5-3-11(20)9-14(16)21/h3-6,9-10H,7-8H2,1-2H3,(H2,22,25). The molecule has 2 aromatic carbocycles. The maximum Gasteiger partial charge on any atom is 0.248 e. The van der Waals surface area contributed by atoms with Gasteiger partial charge in [0.05, 0.1) is 7.11 Å². The fraction of sp³-hybridized carbons (Fsp3) is 0.263. The zero-order valence-electron chi connectivity index (χ0n) is 14.8. The Bertz CT molecular complexity index is 921. The van der Waals surface area contributed by atoms with E-state index in [-0.39, 0.29) is 35.3 Å². The molecule has 0 spiro atoms. The lowest BCUT2D eigenvalue weighted by atomic mass is 9.85. The van der Waals surface area contributed by atoms with Gasteiger partial charge in [-0.1, -0.05) is 11.6 Å². The van der Waals surface area contributed by atoms with Crippen LogP contribution in [0.5, 0.6) is 17.2 Å². The average molecular weight is 393 g/mol. The van der Waals surface area contributed by atoms with Crippen LogP contribution in [-0.4, -0.2) is 30.9 Å². The van der Waals surface area contributed by atoms with Gasteiger partial charge in [-0.3, -0.25) is 9.59 Å². The van der Waals surface area contributed by atoms with Crippen molar-refractivity contribution in [3.63, 3.8) is 0 Å². The molecule has 1 unspecified atom stereocenters. The zero-order valence-corrected chi connectivity index (χ0v) is 15.5. The first-order valence-electron chi connectivity index (χ1n) is 8.17. The number of nitrogens with two attached hydrogens (primary N) is 1. The number of amides is 2. The third kappa shape index (κ3) is 3.19. The second-order valence-electron chi connectivity index (χ2n) is 6.22. The normalized spacial score (nSPS) is 19.3. The number of primary amides is 1. The second kappa shape index (κ2) is 7.08. The molecule has 2 amide bonds. The summed E-state index contributed by atoms with van der Waals surface area (Å²) in [5.41, 5.74) is 4.71. The molecule has 0 bridgehead atoms. The van der Waals surface area contributed by atoms with Crippen molar-refractivity contribution in [2.24, 2.45) is 5.73 Å². The fourth-order valence-corrected chi connectivity index (χ4v) is 3.49. The van der Waals surface area contributed by atoms with Gasteiger partial charge in [0.2, 0.25) is 11.8 Å². The predicted octanol–water partition coefficient (Wildman–Crippen LogP) is 3.21. The van der Waals surface area contributed by atoms with E-state index in [9.17, 15) is 14.0 Å². The van der Waals surface area contributed by atoms with E-state index in [0.717, 1.165) is 6.07 Å². The molecule has 0 radical (unpaired) electrons. The van der Waals surface area contributed by atoms with E-state index in [1.54, 1.807) is 12.1 Å². The number of methoxy groups -OCH3 is 1. The number of hydrogen-bond acceptors (Lipinski definition) is 4. The number of ether oxygens (including phenoxy) is 2. The van der Waals surface area contributed by atoms with E-state index in [1.165, 1.54) is 37.3 Å². The molecular weight excluding hydrogens is 375 g/mol. The molecule has 1 heterocycles. The van der Waals surface area contributed by atoms with Crippen LogP contribution in [0, 0.1) is 5.82 Å². The van der Waals surface area contributed by atoms with Gasteiger partial charge in [-0.2, -0.15) is 0 Å². The summed E-state index contributed by atoms with van der Waals surface area (Å²) >= 11 is 5.75. The Hall–Kier alpha value is -2.80. The maximum atomic E-state index is 14.0. The van der Waals surface area contributed by atoms with E-state index in [1.807, 2.05) is 0 Å². The fourth-order valence-electron chi connectivity index (χ4n) is 3.33. The van der Waals surface area contributed by atoms with E-state index in [4.69, 9.17) is 26.8 Å². The second-order valence-corrected chi connectivity index (χ2v) is 6.65. The topological polar surface area (TPSA) is 81.9 Å². The van der Waals surface area contributed by atoms with Crippen LogP contribution < -0.4 is 15.2 Å². The van der Waals surface area contributed by atoms with E-state index in [2.05, 4.69) is 0 Å². The number of likely N-dealkylation sites (N-methyl/N-ethyl adjacent to an activating group) is 1. The molecule has 0 aromatic heterocycles. The number of rotatable bonds is 5. The van der Waals surface area contributed by atoms with Gasteiger partial charge in [-0.15, -0.1) is 0 Å². The minimum absolute atomic E-state index is 0.0282. The lowest BCUT2D eigenvalue weighted by Gasteiger charge is -2.34. The van der Waals surface area contributed by atoms with Gasteiger partial charge in [0.1, 0.15) is 11.5 Å². The lowest BCUT2D eigenvalue weighted by Crippen LogP contribution is -2.50. The number of halogens is 2. The van der Waals surface area contributed by atoms with Gasteiger partial charge in [0.25, 0.3) is 0 Å². The number of hydrogen-bond donors (Lipinski definition) is 1. The van der Waals surface area contributed by atoms with Gasteiger partial charge in [0, 0.05) is 24.1 Å². The van der Waals surface area contributed by atoms with Crippen molar-refractivity contribution in [1.82, 2.24) is 4.90 Å². The van der Waals surface area contributed by atoms with Crippen molar-refractivity contribution in [2.75, 3.05) is 14.2 Å². The Morgan fingerprint density at radius 3 is 2.52 bits per heavy atom. The number of carbonyl (C=O) groups excluding carboxylic acids is 2. The largest absolute Gasteiger partial charge is 0.496 e. The highest BCUT2D eigenvalue weighted by Gasteiger charge is 2.51. The SMILES string of the molecule is COc1ccc(Oc2ccc(Cl)cc2F)cc1C1(C(N)=O)CCC(=O)N1C. The van der Waals surface area contributed by atoms with Crippen molar-refractivity contribution in [2.45, 2.75) is 18.4 Å². The number of benzene rings is 2. The smallest absolute Gasteiger partial charge is 0.248 e. The van der Waals surface area contributed by atoms with Crippen molar-refractivity contribution in [3.8, 4) is 17.2 Å². The van der Waals surface area contributed by atoms with Crippen LogP contribution in [-0.2, 0) is 15.1 Å². The first-order chi connectivity index (χ1) is 12.8. The first-order valence-corrected chi connectivity index (χ1v) is 8.55. The van der Waals surface area contributed by atoms with E-state index >= 15 is 0 Å². The highest BCUT2D eigenvalue weighted by Crippen LogP contribution is 2.44. The summed E-state index contributed by atoms with van der Waals surface area (Å²) in [5.74, 6) is -0.897. The zero-order chi connectivity index (χ0) is 19.8. The highest BCUT2D eigenvalue weighted by atomic mass is 35.5. The quantitative estimate of drug-likeness (QED) is 0.847. The number of nitrogens with zero attached hydrogens (tertiary/aromatic N) is 1. The molecule has 1 aliphatic rings. The Morgan fingerprint density at radius 2 is 1.96 bits per heavy atom. The van der Waals surface area contributed by atoms with Crippen molar-refractivity contribution >= 4 is 23.4 Å². The van der Waals surface area contributed by atoms with Gasteiger partial charge in [-0.05, 0) is 42.8 Å². The molecule has 1 fully saturated rings. The minimum atomic E-state index is -1.36. The van der Waals surface area contributed by atoms with Gasteiger partial charge in [-0.25, -0.2) is 4.39 Å². The summed E-state index contributed by atoms with van der Waals surface area (Å²) in [6, 6.07) is 8.72. The Kier molecular flexibility index (Phi) is 4.97. The van der Waals surface area contributed by atoms with Gasteiger partial charge in [0.15, 0.2) is 17.1 Å². The maximum absolute atomic E-state index is 14.0. The Morgan fingerprint density at radius 1 is 1.26 bits per heavy atom. The van der Waals surface area contributed by atoms with Gasteiger partial charge >= 0.3 is 0 Å². The number of likely N-dealkylation sites (tertiary alicyclic amines) is 1. The summed E-state index contributed by atoms with van der Waals surface area (Å²) in [5, 5.41) is 0.244. The lowest BCUT2D eigenvalue weighted by molar-refractivity contribution is -0.138. The molecule has 2 N–H and O–H groups in total. The van der Waals surface area contributed by atoms with Crippen molar-refractivity contribution in [3.05, 3.63) is 52.8 Å². The molecule has 8 heteroatoms. The van der Waals surface area contributed by atoms with Gasteiger partial charge < -0.3 is 20.1 Å². The summed E-state index contributed by atoms with van der Waals surface area (Å²) in [7, 11) is 2.97. The minimum Gasteiger partial charge on any atom is -0.496 e. The average Bonchev–Trinajstić information content (AvgIpc) is 2.93. The molecule has 6 nitrogen and oxygen atoms in total. The van der Waals surface area contributed by atoms with Crippen molar-refractivity contribution in [1.29, 1.82) is 0 Å². The van der Waals surface area contributed by atoms with Crippen molar-refractivity contribution < 1.29 is 23.5 Å². The monoisotopic (exact) mass is 392 g/mol. The Labute approximate surface area is 160 Å². The van der Waals surface area contributed by atoms with Crippen LogP contribution in [0.4, 0.5) is 4.39 Å². The third-order valence-corrected chi connectivity index (χ3v) is 5.03. The molecule has 1 aliphatic heterocycles. The van der Waals surface area contributed by atoms with Crippen LogP contribution in [0.25, 0.3) is 0 Å². The summed E-state index contributed by atoms with van der Waals surface area (Å²) in [6.07, 6.45) is 0.395. The molecule has 1 saturated heterocycles. The summed E-state index contributed by atoms with van der Waals surface area (Å²) < 4.78 is 25.0. The van der Waals surface area contributed by atoms with Crippen LogP contribution in [0.2, 0.25) is 5.02 Å². The van der Waals surface area contributed by atoms with Crippen LogP contribution in [0.1, 0.15) is 18.4 Å². The van der Waals surface area contributed by atoms with E-state index in [0.29, 0.717) is 11.3 Å². The first kappa shape index (κ1) is 19.0. The molecular formula is C19H18ClFN2O4. The molecule has 3 rings (SSSR count). The molecule has 1 atom stereocenters.